The van der Waals surface area contributed by atoms with E-state index in [1.54, 1.807) is 30.3 Å². The second-order valence-corrected chi connectivity index (χ2v) is 6.60. The summed E-state index contributed by atoms with van der Waals surface area (Å²) < 4.78 is 19.8. The summed E-state index contributed by atoms with van der Waals surface area (Å²) in [6.45, 7) is 0.960. The number of hydrogen-bond acceptors (Lipinski definition) is 4. The number of carbonyl (C=O) groups is 2. The number of fused-ring (bicyclic) bond motifs is 1. The highest BCUT2D eigenvalue weighted by atomic mass is 19.1. The molecule has 0 saturated carbocycles. The highest BCUT2D eigenvalue weighted by molar-refractivity contribution is 5.79. The molecule has 2 aromatic carbocycles. The number of nitrogens with zero attached hydrogens (tertiary/aromatic N) is 1. The third kappa shape index (κ3) is 5.78. The average Bonchev–Trinajstić information content (AvgIpc) is 3.01. The van der Waals surface area contributed by atoms with E-state index >= 15 is 0 Å². The number of rotatable bonds is 9. The van der Waals surface area contributed by atoms with Gasteiger partial charge in [0.05, 0.1) is 11.9 Å². The Hall–Kier alpha value is -3.42. The number of aryl methyl sites for hydroxylation is 1. The van der Waals surface area contributed by atoms with Gasteiger partial charge in [0, 0.05) is 26.1 Å². The second-order valence-electron chi connectivity index (χ2n) is 6.60. The van der Waals surface area contributed by atoms with E-state index in [0.29, 0.717) is 36.2 Å². The molecule has 0 atom stereocenters. The summed E-state index contributed by atoms with van der Waals surface area (Å²) >= 11 is 0. The van der Waals surface area contributed by atoms with Crippen molar-refractivity contribution in [1.29, 1.82) is 0 Å². The molecule has 1 aromatic heterocycles. The van der Waals surface area contributed by atoms with Gasteiger partial charge in [-0.2, -0.15) is 0 Å². The van der Waals surface area contributed by atoms with Gasteiger partial charge in [0.25, 0.3) is 0 Å². The Morgan fingerprint density at radius 3 is 2.55 bits per heavy atom. The molecule has 0 saturated heterocycles. The smallest absolute Gasteiger partial charge is 0.408 e. The van der Waals surface area contributed by atoms with Crippen molar-refractivity contribution in [1.82, 2.24) is 15.2 Å². The summed E-state index contributed by atoms with van der Waals surface area (Å²) in [6, 6.07) is 13.0. The molecule has 3 rings (SSSR count). The first kappa shape index (κ1) is 20.3. The van der Waals surface area contributed by atoms with Crippen LogP contribution in [0.5, 0.6) is 0 Å². The SMILES string of the molecule is O=C(CCCn1c(=O)oc2ccccc21)NCCNC(=O)Cc1cccc(F)c1. The number of hydrogen-bond donors (Lipinski definition) is 2. The highest BCUT2D eigenvalue weighted by Crippen LogP contribution is 2.12. The molecule has 2 N–H and O–H groups in total. The molecule has 0 spiro atoms. The Bertz CT molecular complexity index is 1060. The maximum Gasteiger partial charge on any atom is 0.419 e. The van der Waals surface area contributed by atoms with Crippen LogP contribution >= 0.6 is 0 Å². The number of benzene rings is 2. The second kappa shape index (κ2) is 9.68. The van der Waals surface area contributed by atoms with Crippen LogP contribution in [-0.4, -0.2) is 29.5 Å². The van der Waals surface area contributed by atoms with Crippen molar-refractivity contribution < 1.29 is 18.4 Å². The first-order valence-corrected chi connectivity index (χ1v) is 9.39. The standard InChI is InChI=1S/C21H22FN3O4/c22-16-6-3-5-15(13-16)14-20(27)24-11-10-23-19(26)9-4-12-25-17-7-1-2-8-18(17)29-21(25)28/h1-3,5-8,13H,4,9-12,14H2,(H,23,26)(H,24,27). The Kier molecular flexibility index (Phi) is 6.78. The predicted octanol–water partition coefficient (Wildman–Crippen LogP) is 1.99. The normalized spacial score (nSPS) is 10.8. The van der Waals surface area contributed by atoms with Crippen molar-refractivity contribution in [2.24, 2.45) is 0 Å². The zero-order valence-corrected chi connectivity index (χ0v) is 15.8. The van der Waals surface area contributed by atoms with E-state index in [-0.39, 0.29) is 37.0 Å². The minimum atomic E-state index is -0.437. The molecule has 8 heteroatoms. The Labute approximate surface area is 166 Å². The van der Waals surface area contributed by atoms with Gasteiger partial charge in [0.1, 0.15) is 5.82 Å². The van der Waals surface area contributed by atoms with Gasteiger partial charge in [-0.3, -0.25) is 14.2 Å². The van der Waals surface area contributed by atoms with Crippen molar-refractivity contribution in [3.05, 3.63) is 70.5 Å². The van der Waals surface area contributed by atoms with Gasteiger partial charge in [-0.05, 0) is 36.2 Å². The van der Waals surface area contributed by atoms with E-state index in [4.69, 9.17) is 4.42 Å². The summed E-state index contributed by atoms with van der Waals surface area (Å²) in [6.07, 6.45) is 0.823. The van der Waals surface area contributed by atoms with Crippen LogP contribution in [-0.2, 0) is 22.6 Å². The maximum absolute atomic E-state index is 13.1. The molecule has 3 aromatic rings. The van der Waals surface area contributed by atoms with Crippen LogP contribution < -0.4 is 16.4 Å². The van der Waals surface area contributed by atoms with E-state index in [0.717, 1.165) is 0 Å². The summed E-state index contributed by atoms with van der Waals surface area (Å²) in [5.41, 5.74) is 1.82. The van der Waals surface area contributed by atoms with Crippen LogP contribution in [0.15, 0.2) is 57.7 Å². The van der Waals surface area contributed by atoms with E-state index in [2.05, 4.69) is 10.6 Å². The van der Waals surface area contributed by atoms with Crippen molar-refractivity contribution in [2.45, 2.75) is 25.8 Å². The Morgan fingerprint density at radius 2 is 1.76 bits per heavy atom. The molecule has 0 radical (unpaired) electrons. The molecule has 0 bridgehead atoms. The average molecular weight is 399 g/mol. The lowest BCUT2D eigenvalue weighted by molar-refractivity contribution is -0.122. The molecule has 7 nitrogen and oxygen atoms in total. The molecule has 152 valence electrons. The van der Waals surface area contributed by atoms with Crippen molar-refractivity contribution in [3.8, 4) is 0 Å². The topological polar surface area (TPSA) is 93.3 Å². The van der Waals surface area contributed by atoms with E-state index in [1.807, 2.05) is 6.07 Å². The number of carbonyl (C=O) groups excluding carboxylic acids is 2. The summed E-state index contributed by atoms with van der Waals surface area (Å²) in [4.78, 5) is 35.6. The lowest BCUT2D eigenvalue weighted by Gasteiger charge is -2.08. The number of oxazole rings is 1. The van der Waals surface area contributed by atoms with E-state index < -0.39 is 5.76 Å². The van der Waals surface area contributed by atoms with Crippen molar-refractivity contribution in [3.63, 3.8) is 0 Å². The Balaban J connectivity index is 1.33. The first-order valence-electron chi connectivity index (χ1n) is 9.39. The third-order valence-electron chi connectivity index (χ3n) is 4.38. The van der Waals surface area contributed by atoms with Crippen LogP contribution in [0.3, 0.4) is 0 Å². The molecule has 0 fully saturated rings. The monoisotopic (exact) mass is 399 g/mol. The zero-order chi connectivity index (χ0) is 20.6. The van der Waals surface area contributed by atoms with Gasteiger partial charge in [0.15, 0.2) is 5.58 Å². The van der Waals surface area contributed by atoms with Gasteiger partial charge < -0.3 is 15.1 Å². The lowest BCUT2D eigenvalue weighted by Crippen LogP contribution is -2.35. The van der Waals surface area contributed by atoms with Crippen LogP contribution in [0, 0.1) is 5.82 Å². The van der Waals surface area contributed by atoms with Gasteiger partial charge >= 0.3 is 5.76 Å². The number of para-hydroxylation sites is 2. The van der Waals surface area contributed by atoms with Gasteiger partial charge in [0.2, 0.25) is 11.8 Å². The van der Waals surface area contributed by atoms with Crippen molar-refractivity contribution in [2.75, 3.05) is 13.1 Å². The summed E-state index contributed by atoms with van der Waals surface area (Å²) in [5, 5.41) is 5.40. The van der Waals surface area contributed by atoms with Crippen LogP contribution in [0.2, 0.25) is 0 Å². The fourth-order valence-electron chi connectivity index (χ4n) is 3.01. The molecule has 0 aliphatic rings. The van der Waals surface area contributed by atoms with Crippen LogP contribution in [0.25, 0.3) is 11.1 Å². The Morgan fingerprint density at radius 1 is 1.00 bits per heavy atom. The van der Waals surface area contributed by atoms with E-state index in [9.17, 15) is 18.8 Å². The minimum Gasteiger partial charge on any atom is -0.408 e. The molecule has 1 heterocycles. The van der Waals surface area contributed by atoms with Crippen LogP contribution in [0.4, 0.5) is 4.39 Å². The molecule has 0 aliphatic heterocycles. The first-order chi connectivity index (χ1) is 14.0. The van der Waals surface area contributed by atoms with E-state index in [1.165, 1.54) is 16.7 Å². The zero-order valence-electron chi connectivity index (χ0n) is 15.8. The largest absolute Gasteiger partial charge is 0.419 e. The quantitative estimate of drug-likeness (QED) is 0.538. The van der Waals surface area contributed by atoms with Gasteiger partial charge in [-0.1, -0.05) is 24.3 Å². The summed E-state index contributed by atoms with van der Waals surface area (Å²) in [7, 11) is 0. The number of amides is 2. The fraction of sp³-hybridized carbons (Fsp3) is 0.286. The predicted molar refractivity (Wildman–Crippen MR) is 106 cm³/mol. The van der Waals surface area contributed by atoms with Gasteiger partial charge in [-0.25, -0.2) is 9.18 Å². The lowest BCUT2D eigenvalue weighted by atomic mass is 10.1. The number of halogens is 1. The summed E-state index contributed by atoms with van der Waals surface area (Å²) in [5.74, 6) is -1.22. The van der Waals surface area contributed by atoms with Crippen LogP contribution in [0.1, 0.15) is 18.4 Å². The third-order valence-corrected chi connectivity index (χ3v) is 4.38. The molecular weight excluding hydrogens is 377 g/mol. The molecule has 2 amide bonds. The maximum atomic E-state index is 13.1. The molecule has 0 aliphatic carbocycles. The van der Waals surface area contributed by atoms with Crippen molar-refractivity contribution >= 4 is 22.9 Å². The highest BCUT2D eigenvalue weighted by Gasteiger charge is 2.09. The fourth-order valence-corrected chi connectivity index (χ4v) is 3.01. The number of aromatic nitrogens is 1. The minimum absolute atomic E-state index is 0.0825. The molecule has 29 heavy (non-hydrogen) atoms. The van der Waals surface area contributed by atoms with Gasteiger partial charge in [-0.15, -0.1) is 0 Å². The molecular formula is C21H22FN3O4. The molecule has 0 unspecified atom stereocenters. The number of nitrogens with one attached hydrogen (secondary N) is 2.